The fourth-order valence-corrected chi connectivity index (χ4v) is 9.83. The highest BCUT2D eigenvalue weighted by molar-refractivity contribution is 5.90. The van der Waals surface area contributed by atoms with Gasteiger partial charge in [-0.1, -0.05) is 51.0 Å². The summed E-state index contributed by atoms with van der Waals surface area (Å²) in [4.78, 5) is 2.19. The van der Waals surface area contributed by atoms with Crippen LogP contribution in [-0.2, 0) is 6.42 Å². The van der Waals surface area contributed by atoms with E-state index in [-0.39, 0.29) is 10.8 Å². The van der Waals surface area contributed by atoms with Crippen LogP contribution in [0.4, 0.5) is 11.4 Å². The summed E-state index contributed by atoms with van der Waals surface area (Å²) in [5, 5.41) is 12.6. The first-order valence-corrected chi connectivity index (χ1v) is 15.3. The van der Waals surface area contributed by atoms with E-state index in [0.29, 0.717) is 23.3 Å². The predicted molar refractivity (Wildman–Crippen MR) is 180 cm³/mol. The Balaban J connectivity index is 1.58. The quantitative estimate of drug-likeness (QED) is 0.254. The number of allylic oxidation sites excluding steroid dienone is 5. The number of fused-ring (bicyclic) bond motifs is 2. The number of rotatable bonds is 2. The zero-order chi connectivity index (χ0) is 31.4. The van der Waals surface area contributed by atoms with Gasteiger partial charge in [-0.25, -0.2) is 0 Å². The van der Waals surface area contributed by atoms with Gasteiger partial charge in [-0.2, -0.15) is 0 Å². The molecule has 222 valence electrons. The minimum absolute atomic E-state index is 0.134. The molecule has 0 heterocycles. The van der Waals surface area contributed by atoms with Gasteiger partial charge >= 0.3 is 0 Å². The fourth-order valence-electron chi connectivity index (χ4n) is 9.83. The van der Waals surface area contributed by atoms with Crippen LogP contribution in [0.15, 0.2) is 83.8 Å². The van der Waals surface area contributed by atoms with E-state index in [4.69, 9.17) is 18.0 Å². The summed E-state index contributed by atoms with van der Waals surface area (Å²) in [5.74, 6) is 7.99. The molecule has 0 amide bonds. The summed E-state index contributed by atoms with van der Waals surface area (Å²) in [6.45, 7) is 24.7. The van der Waals surface area contributed by atoms with Gasteiger partial charge < -0.3 is 21.5 Å². The summed E-state index contributed by atoms with van der Waals surface area (Å²) in [7, 11) is 4.19. The van der Waals surface area contributed by atoms with E-state index in [1.165, 1.54) is 11.1 Å². The van der Waals surface area contributed by atoms with Crippen molar-refractivity contribution in [3.8, 4) is 11.8 Å². The van der Waals surface area contributed by atoms with Crippen LogP contribution in [0.3, 0.4) is 0 Å². The Morgan fingerprint density at radius 3 is 2.33 bits per heavy atom. The van der Waals surface area contributed by atoms with E-state index in [0.717, 1.165) is 75.2 Å². The standard InChI is InChI=1S/C39H45N3O/c1-21-18-39-20-37(7)19-30-31(42(9)10)17-28(14-11-27-12-15-29(41)16-13-27)22(2)32(30)23(3)35(37)36(43)38(39,8)25(5)33(26(6)40)24(4)34(21)39/h12-13,15-17,21,34,43H,3,5-6,18-20,40-41H2,1-2,4,7-10H3/t21-,34?,37-,38-,39-/m0/s1. The van der Waals surface area contributed by atoms with E-state index in [1.807, 2.05) is 24.3 Å². The first kappa shape index (κ1) is 29.0. The Bertz CT molecular complexity index is 1770. The molecule has 2 aromatic carbocycles. The van der Waals surface area contributed by atoms with Crippen molar-refractivity contribution in [2.75, 3.05) is 24.7 Å². The third-order valence-electron chi connectivity index (χ3n) is 11.5. The molecule has 1 fully saturated rings. The first-order valence-electron chi connectivity index (χ1n) is 15.3. The highest BCUT2D eigenvalue weighted by Gasteiger charge is 2.71. The van der Waals surface area contributed by atoms with Crippen LogP contribution in [0.1, 0.15) is 68.4 Å². The molecule has 0 radical (unpaired) electrons. The number of benzene rings is 2. The third kappa shape index (κ3) is 3.64. The van der Waals surface area contributed by atoms with Crippen molar-refractivity contribution >= 4 is 16.9 Å². The number of hydrogen-bond acceptors (Lipinski definition) is 4. The molecule has 0 saturated heterocycles. The van der Waals surface area contributed by atoms with Crippen LogP contribution < -0.4 is 16.4 Å². The van der Waals surface area contributed by atoms with E-state index in [9.17, 15) is 5.11 Å². The van der Waals surface area contributed by atoms with E-state index < -0.39 is 5.41 Å². The minimum Gasteiger partial charge on any atom is -0.511 e. The summed E-state index contributed by atoms with van der Waals surface area (Å²) in [6, 6.07) is 9.86. The normalized spacial score (nSPS) is 30.8. The number of anilines is 2. The van der Waals surface area contributed by atoms with Gasteiger partial charge in [0.05, 0.1) is 5.41 Å². The van der Waals surface area contributed by atoms with Crippen molar-refractivity contribution in [2.24, 2.45) is 33.8 Å². The topological polar surface area (TPSA) is 75.5 Å². The summed E-state index contributed by atoms with van der Waals surface area (Å²) in [5.41, 5.74) is 23.9. The maximum absolute atomic E-state index is 12.6. The lowest BCUT2D eigenvalue weighted by atomic mass is 9.32. The lowest BCUT2D eigenvalue weighted by Gasteiger charge is -2.71. The number of aliphatic hydroxyl groups is 1. The molecule has 5 atom stereocenters. The van der Waals surface area contributed by atoms with Gasteiger partial charge in [-0.3, -0.25) is 0 Å². The van der Waals surface area contributed by atoms with Crippen molar-refractivity contribution < 1.29 is 5.11 Å². The molecule has 6 rings (SSSR count). The summed E-state index contributed by atoms with van der Waals surface area (Å²) < 4.78 is 0. The zero-order valence-corrected chi connectivity index (χ0v) is 26.8. The van der Waals surface area contributed by atoms with Crippen LogP contribution >= 0.6 is 0 Å². The Kier molecular flexibility index (Phi) is 6.20. The van der Waals surface area contributed by atoms with Gasteiger partial charge in [0.1, 0.15) is 5.76 Å². The minimum atomic E-state index is -0.651. The van der Waals surface area contributed by atoms with Gasteiger partial charge in [-0.05, 0) is 121 Å². The third-order valence-corrected chi connectivity index (χ3v) is 11.5. The van der Waals surface area contributed by atoms with Crippen LogP contribution in [0, 0.1) is 46.8 Å². The molecular weight excluding hydrogens is 526 g/mol. The highest BCUT2D eigenvalue weighted by atomic mass is 16.3. The second-order valence-corrected chi connectivity index (χ2v) is 14.3. The largest absolute Gasteiger partial charge is 0.511 e. The molecule has 4 aliphatic carbocycles. The van der Waals surface area contributed by atoms with Crippen molar-refractivity contribution in [1.82, 2.24) is 0 Å². The Morgan fingerprint density at radius 2 is 1.74 bits per heavy atom. The predicted octanol–water partition coefficient (Wildman–Crippen LogP) is 7.84. The van der Waals surface area contributed by atoms with Crippen molar-refractivity contribution in [3.63, 3.8) is 0 Å². The Labute approximate surface area is 257 Å². The molecule has 0 aromatic heterocycles. The molecular formula is C39H45N3O. The number of aliphatic hydroxyl groups excluding tert-OH is 1. The second-order valence-electron chi connectivity index (χ2n) is 14.3. The van der Waals surface area contributed by atoms with Crippen molar-refractivity contribution in [2.45, 2.75) is 53.9 Å². The Hall–Kier alpha value is -4.10. The van der Waals surface area contributed by atoms with Crippen LogP contribution in [0.2, 0.25) is 0 Å². The summed E-state index contributed by atoms with van der Waals surface area (Å²) in [6.07, 6.45) is 2.82. The molecule has 4 heteroatoms. The van der Waals surface area contributed by atoms with E-state index >= 15 is 0 Å². The molecule has 1 saturated carbocycles. The van der Waals surface area contributed by atoms with Gasteiger partial charge in [0.25, 0.3) is 0 Å². The monoisotopic (exact) mass is 571 g/mol. The average Bonchev–Trinajstić information content (AvgIpc) is 2.90. The van der Waals surface area contributed by atoms with Crippen molar-refractivity contribution in [3.05, 3.63) is 112 Å². The average molecular weight is 572 g/mol. The number of nitrogens with two attached hydrogens (primary N) is 2. The van der Waals surface area contributed by atoms with Gasteiger partial charge in [0.2, 0.25) is 0 Å². The van der Waals surface area contributed by atoms with Crippen LogP contribution in [0.25, 0.3) is 5.57 Å². The summed E-state index contributed by atoms with van der Waals surface area (Å²) >= 11 is 0. The van der Waals surface area contributed by atoms with Gasteiger partial charge in [0.15, 0.2) is 0 Å². The van der Waals surface area contributed by atoms with Gasteiger partial charge in [-0.15, -0.1) is 0 Å². The molecule has 0 bridgehead atoms. The first-order chi connectivity index (χ1) is 20.1. The van der Waals surface area contributed by atoms with Crippen LogP contribution in [0.5, 0.6) is 0 Å². The lowest BCUT2D eigenvalue weighted by molar-refractivity contribution is -0.138. The highest BCUT2D eigenvalue weighted by Crippen LogP contribution is 2.78. The number of nitrogens with zero attached hydrogens (tertiary/aromatic N) is 1. The molecule has 1 unspecified atom stereocenters. The maximum Gasteiger partial charge on any atom is 0.107 e. The molecule has 2 aromatic rings. The van der Waals surface area contributed by atoms with E-state index in [1.54, 1.807) is 0 Å². The lowest BCUT2D eigenvalue weighted by Crippen LogP contribution is -2.65. The maximum atomic E-state index is 12.6. The smallest absolute Gasteiger partial charge is 0.107 e. The molecule has 43 heavy (non-hydrogen) atoms. The molecule has 0 aliphatic heterocycles. The SMILES string of the molecule is C=C(N)C1=C(C)C2[C@@H](C)C[C@]23C[C@]2(C)Cc4c(N(C)C)cc(C#Cc5ccc(N)cc5)c(C)c4C(=C)C2=C(O)[C@]3(C)C1=C. The Morgan fingerprint density at radius 1 is 1.09 bits per heavy atom. The zero-order valence-electron chi connectivity index (χ0n) is 26.8. The molecule has 1 spiro atoms. The molecule has 5 N–H and O–H groups in total. The van der Waals surface area contributed by atoms with Crippen LogP contribution in [-0.4, -0.2) is 19.2 Å². The van der Waals surface area contributed by atoms with Gasteiger partial charge in [0, 0.05) is 53.3 Å². The van der Waals surface area contributed by atoms with E-state index in [2.05, 4.69) is 84.7 Å². The molecule has 4 aliphatic rings. The second kappa shape index (κ2) is 9.20. The van der Waals surface area contributed by atoms with Crippen molar-refractivity contribution in [1.29, 1.82) is 0 Å². The fraction of sp³-hybridized carbons (Fsp3) is 0.385. The molecule has 4 nitrogen and oxygen atoms in total. The number of nitrogen functional groups attached to an aromatic ring is 1. The number of hydrogen-bond donors (Lipinski definition) is 3.